The summed E-state index contributed by atoms with van der Waals surface area (Å²) in [5.41, 5.74) is -0.505. The second-order valence-corrected chi connectivity index (χ2v) is 8.60. The maximum Gasteiger partial charge on any atom is 0.332 e. The van der Waals surface area contributed by atoms with Gasteiger partial charge in [0.1, 0.15) is 16.2 Å². The van der Waals surface area contributed by atoms with Crippen LogP contribution in [-0.4, -0.2) is 36.8 Å². The van der Waals surface area contributed by atoms with E-state index < -0.39 is 11.2 Å². The van der Waals surface area contributed by atoms with Crippen molar-refractivity contribution in [3.05, 3.63) is 26.7 Å². The Kier molecular flexibility index (Phi) is 6.22. The molecule has 152 valence electrons. The highest BCUT2D eigenvalue weighted by atomic mass is 32.2. The predicted molar refractivity (Wildman–Crippen MR) is 110 cm³/mol. The minimum absolute atomic E-state index is 0.0433. The molecule has 0 spiro atoms. The molecular formula is C19H27N5O3S. The van der Waals surface area contributed by atoms with Crippen LogP contribution in [0, 0.1) is 0 Å². The van der Waals surface area contributed by atoms with E-state index in [1.54, 1.807) is 7.05 Å². The molecule has 0 bridgehead atoms. The average molecular weight is 406 g/mol. The van der Waals surface area contributed by atoms with E-state index in [0.717, 1.165) is 30.3 Å². The summed E-state index contributed by atoms with van der Waals surface area (Å²) in [6, 6.07) is 0.0433. The van der Waals surface area contributed by atoms with Crippen molar-refractivity contribution >= 4 is 28.7 Å². The number of fused-ring (bicyclic) bond motifs is 1. The van der Waals surface area contributed by atoms with Crippen LogP contribution in [0.5, 0.6) is 0 Å². The Morgan fingerprint density at radius 2 is 1.82 bits per heavy atom. The molecule has 1 saturated carbocycles. The van der Waals surface area contributed by atoms with Crippen molar-refractivity contribution in [3.8, 4) is 0 Å². The van der Waals surface area contributed by atoms with Gasteiger partial charge < -0.3 is 5.32 Å². The van der Waals surface area contributed by atoms with Crippen LogP contribution in [0.1, 0.15) is 57.7 Å². The van der Waals surface area contributed by atoms with Crippen molar-refractivity contribution in [1.29, 1.82) is 0 Å². The summed E-state index contributed by atoms with van der Waals surface area (Å²) in [5.74, 6) is 0.927. The quantitative estimate of drug-likeness (QED) is 0.600. The van der Waals surface area contributed by atoms with Gasteiger partial charge in [-0.25, -0.2) is 14.8 Å². The molecular weight excluding hydrogens is 378 g/mol. The second kappa shape index (κ2) is 8.46. The highest BCUT2D eigenvalue weighted by Crippen LogP contribution is 2.33. The summed E-state index contributed by atoms with van der Waals surface area (Å²) < 4.78 is 2.45. The van der Waals surface area contributed by atoms with Gasteiger partial charge in [-0.1, -0.05) is 31.0 Å². The number of rotatable bonds is 5. The molecule has 28 heavy (non-hydrogen) atoms. The van der Waals surface area contributed by atoms with Crippen molar-refractivity contribution in [1.82, 2.24) is 24.4 Å². The Morgan fingerprint density at radius 1 is 1.14 bits per heavy atom. The van der Waals surface area contributed by atoms with E-state index in [1.165, 1.54) is 29.8 Å². The number of carbonyl (C=O) groups excluding carboxylic acids is 1. The number of hydrogen-bond acceptors (Lipinski definition) is 6. The topological polar surface area (TPSA) is 98.9 Å². The van der Waals surface area contributed by atoms with Gasteiger partial charge in [-0.05, 0) is 26.7 Å². The molecule has 0 saturated heterocycles. The Morgan fingerprint density at radius 3 is 2.46 bits per heavy atom. The van der Waals surface area contributed by atoms with Gasteiger partial charge in [-0.3, -0.25) is 18.7 Å². The van der Waals surface area contributed by atoms with Gasteiger partial charge in [0, 0.05) is 26.1 Å². The SMILES string of the molecule is CC(C)NC(=O)CSc1nc(C2CCCCC2)nc2c1c(=O)n(C)c(=O)n2C. The molecule has 0 atom stereocenters. The van der Waals surface area contributed by atoms with Crippen molar-refractivity contribution < 1.29 is 4.79 Å². The summed E-state index contributed by atoms with van der Waals surface area (Å²) >= 11 is 1.22. The van der Waals surface area contributed by atoms with E-state index in [-0.39, 0.29) is 23.6 Å². The molecule has 0 aromatic carbocycles. The second-order valence-electron chi connectivity index (χ2n) is 7.64. The van der Waals surface area contributed by atoms with Crippen LogP contribution in [0.15, 0.2) is 14.6 Å². The molecule has 1 aliphatic carbocycles. The number of aryl methyl sites for hydroxylation is 1. The predicted octanol–water partition coefficient (Wildman–Crippen LogP) is 1.69. The zero-order chi connectivity index (χ0) is 20.4. The third-order valence-electron chi connectivity index (χ3n) is 5.04. The first-order valence-corrected chi connectivity index (χ1v) is 10.7. The summed E-state index contributed by atoms with van der Waals surface area (Å²) in [6.07, 6.45) is 5.46. The van der Waals surface area contributed by atoms with Gasteiger partial charge in [-0.2, -0.15) is 0 Å². The first-order chi connectivity index (χ1) is 13.3. The summed E-state index contributed by atoms with van der Waals surface area (Å²) in [4.78, 5) is 46.6. The lowest BCUT2D eigenvalue weighted by Crippen LogP contribution is -2.38. The van der Waals surface area contributed by atoms with Gasteiger partial charge >= 0.3 is 5.69 Å². The van der Waals surface area contributed by atoms with Crippen LogP contribution in [0.25, 0.3) is 11.0 Å². The van der Waals surface area contributed by atoms with Crippen molar-refractivity contribution in [2.75, 3.05) is 5.75 Å². The average Bonchev–Trinajstić information content (AvgIpc) is 2.68. The molecule has 2 aromatic rings. The standard InChI is InChI=1S/C19H27N5O3S/c1-11(2)20-13(25)10-28-17-14-16(23(3)19(27)24(4)18(14)26)21-15(22-17)12-8-6-5-7-9-12/h11-12H,5-10H2,1-4H3,(H,20,25). The van der Waals surface area contributed by atoms with Crippen LogP contribution in [0.4, 0.5) is 0 Å². The number of amides is 1. The normalized spacial score (nSPS) is 15.3. The van der Waals surface area contributed by atoms with Gasteiger partial charge in [0.2, 0.25) is 5.91 Å². The molecule has 0 radical (unpaired) electrons. The smallest absolute Gasteiger partial charge is 0.332 e. The molecule has 1 fully saturated rings. The first kappa shape index (κ1) is 20.6. The molecule has 1 N–H and O–H groups in total. The van der Waals surface area contributed by atoms with E-state index in [2.05, 4.69) is 10.3 Å². The van der Waals surface area contributed by atoms with Crippen LogP contribution < -0.4 is 16.6 Å². The van der Waals surface area contributed by atoms with E-state index in [9.17, 15) is 14.4 Å². The Labute approximate surface area is 167 Å². The zero-order valence-electron chi connectivity index (χ0n) is 16.8. The van der Waals surface area contributed by atoms with E-state index >= 15 is 0 Å². The summed E-state index contributed by atoms with van der Waals surface area (Å²) in [7, 11) is 3.06. The number of nitrogens with one attached hydrogen (secondary N) is 1. The third-order valence-corrected chi connectivity index (χ3v) is 6.02. The van der Waals surface area contributed by atoms with E-state index in [1.807, 2.05) is 13.8 Å². The molecule has 2 heterocycles. The Hall–Kier alpha value is -2.16. The number of thioether (sulfide) groups is 1. The first-order valence-electron chi connectivity index (χ1n) is 9.69. The lowest BCUT2D eigenvalue weighted by atomic mass is 9.89. The fourth-order valence-electron chi connectivity index (χ4n) is 3.59. The minimum Gasteiger partial charge on any atom is -0.353 e. The van der Waals surface area contributed by atoms with Crippen LogP contribution in [0.2, 0.25) is 0 Å². The number of hydrogen-bond donors (Lipinski definition) is 1. The Balaban J connectivity index is 2.11. The molecule has 0 unspecified atom stereocenters. The van der Waals surface area contributed by atoms with Crippen LogP contribution >= 0.6 is 11.8 Å². The highest BCUT2D eigenvalue weighted by Gasteiger charge is 2.23. The van der Waals surface area contributed by atoms with Crippen molar-refractivity contribution in [2.45, 2.75) is 62.9 Å². The van der Waals surface area contributed by atoms with Gasteiger partial charge in [0.05, 0.1) is 5.75 Å². The van der Waals surface area contributed by atoms with Gasteiger partial charge in [0.15, 0.2) is 5.65 Å². The fourth-order valence-corrected chi connectivity index (χ4v) is 4.42. The molecule has 1 amide bonds. The summed E-state index contributed by atoms with van der Waals surface area (Å²) in [5, 5.41) is 3.61. The number of aromatic nitrogens is 4. The van der Waals surface area contributed by atoms with E-state index in [4.69, 9.17) is 4.98 Å². The molecule has 2 aromatic heterocycles. The largest absolute Gasteiger partial charge is 0.353 e. The monoisotopic (exact) mass is 405 g/mol. The lowest BCUT2D eigenvalue weighted by Gasteiger charge is -2.21. The van der Waals surface area contributed by atoms with Gasteiger partial charge in [-0.15, -0.1) is 0 Å². The van der Waals surface area contributed by atoms with Crippen molar-refractivity contribution in [2.24, 2.45) is 14.1 Å². The van der Waals surface area contributed by atoms with E-state index in [0.29, 0.717) is 21.9 Å². The van der Waals surface area contributed by atoms with Gasteiger partial charge in [0.25, 0.3) is 5.56 Å². The number of nitrogens with zero attached hydrogens (tertiary/aromatic N) is 4. The maximum atomic E-state index is 12.8. The molecule has 1 aliphatic rings. The molecule has 9 heteroatoms. The Bertz CT molecular complexity index is 1010. The minimum atomic E-state index is -0.430. The van der Waals surface area contributed by atoms with Crippen LogP contribution in [-0.2, 0) is 18.9 Å². The molecule has 3 rings (SSSR count). The summed E-state index contributed by atoms with van der Waals surface area (Å²) in [6.45, 7) is 3.80. The van der Waals surface area contributed by atoms with Crippen molar-refractivity contribution in [3.63, 3.8) is 0 Å². The lowest BCUT2D eigenvalue weighted by molar-refractivity contribution is -0.119. The molecule has 0 aliphatic heterocycles. The fraction of sp³-hybridized carbons (Fsp3) is 0.632. The third kappa shape index (κ3) is 4.14. The number of carbonyl (C=O) groups is 1. The zero-order valence-corrected chi connectivity index (χ0v) is 17.6. The molecule has 8 nitrogen and oxygen atoms in total. The highest BCUT2D eigenvalue weighted by molar-refractivity contribution is 8.00. The maximum absolute atomic E-state index is 12.8. The van der Waals surface area contributed by atoms with Crippen LogP contribution in [0.3, 0.4) is 0 Å².